The molecule has 28 heavy (non-hydrogen) atoms. The maximum atomic E-state index is 12.6. The number of amides is 3. The van der Waals surface area contributed by atoms with Crippen molar-refractivity contribution in [1.29, 1.82) is 0 Å². The van der Waals surface area contributed by atoms with Crippen molar-refractivity contribution in [2.24, 2.45) is 0 Å². The van der Waals surface area contributed by atoms with Gasteiger partial charge in [-0.2, -0.15) is 0 Å². The van der Waals surface area contributed by atoms with Gasteiger partial charge in [-0.25, -0.2) is 4.98 Å². The third-order valence-electron chi connectivity index (χ3n) is 4.87. The van der Waals surface area contributed by atoms with Crippen molar-refractivity contribution in [3.63, 3.8) is 0 Å². The molecule has 0 unspecified atom stereocenters. The summed E-state index contributed by atoms with van der Waals surface area (Å²) in [5.41, 5.74) is 3.33. The molecule has 142 valence electrons. The van der Waals surface area contributed by atoms with Gasteiger partial charge >= 0.3 is 0 Å². The third-order valence-corrected chi connectivity index (χ3v) is 4.87. The van der Waals surface area contributed by atoms with Gasteiger partial charge in [-0.05, 0) is 18.6 Å². The van der Waals surface area contributed by atoms with E-state index in [1.165, 1.54) is 0 Å². The first kappa shape index (κ1) is 17.9. The van der Waals surface area contributed by atoms with E-state index in [-0.39, 0.29) is 43.5 Å². The quantitative estimate of drug-likeness (QED) is 0.694. The Balaban J connectivity index is 1.62. The molecule has 2 aromatic heterocycles. The smallest absolute Gasteiger partial charge is 0.229 e. The molecule has 1 N–H and O–H groups in total. The van der Waals surface area contributed by atoms with Crippen LogP contribution >= 0.6 is 0 Å². The minimum absolute atomic E-state index is 0.0464. The Morgan fingerprint density at radius 1 is 1.07 bits per heavy atom. The molecule has 1 saturated heterocycles. The Bertz CT molecular complexity index is 1060. The van der Waals surface area contributed by atoms with Crippen LogP contribution in [-0.4, -0.2) is 38.6 Å². The molecule has 3 amide bonds. The molecule has 0 aliphatic carbocycles. The number of imidazole rings is 1. The van der Waals surface area contributed by atoms with E-state index in [2.05, 4.69) is 5.32 Å². The molecule has 1 fully saturated rings. The summed E-state index contributed by atoms with van der Waals surface area (Å²) in [5, 5.41) is 2.93. The molecule has 0 atom stereocenters. The predicted molar refractivity (Wildman–Crippen MR) is 105 cm³/mol. The first-order chi connectivity index (χ1) is 13.5. The Morgan fingerprint density at radius 2 is 1.79 bits per heavy atom. The van der Waals surface area contributed by atoms with Gasteiger partial charge in [0.25, 0.3) is 0 Å². The van der Waals surface area contributed by atoms with E-state index in [0.717, 1.165) is 21.7 Å². The second kappa shape index (κ2) is 7.26. The van der Waals surface area contributed by atoms with Gasteiger partial charge < -0.3 is 5.32 Å². The number of fused-ring (bicyclic) bond motifs is 1. The van der Waals surface area contributed by atoms with E-state index in [0.29, 0.717) is 11.5 Å². The first-order valence-corrected chi connectivity index (χ1v) is 9.21. The molecule has 7 heteroatoms. The van der Waals surface area contributed by atoms with Gasteiger partial charge in [0.05, 0.1) is 0 Å². The van der Waals surface area contributed by atoms with Crippen LogP contribution in [-0.2, 0) is 14.4 Å². The average molecular weight is 376 g/mol. The first-order valence-electron chi connectivity index (χ1n) is 9.21. The summed E-state index contributed by atoms with van der Waals surface area (Å²) >= 11 is 0. The summed E-state index contributed by atoms with van der Waals surface area (Å²) < 4.78 is 1.85. The van der Waals surface area contributed by atoms with Crippen molar-refractivity contribution >= 4 is 29.2 Å². The topological polar surface area (TPSA) is 83.8 Å². The van der Waals surface area contributed by atoms with Crippen LogP contribution in [0.1, 0.15) is 24.8 Å². The number of rotatable bonds is 5. The summed E-state index contributed by atoms with van der Waals surface area (Å²) in [6, 6.07) is 13.5. The van der Waals surface area contributed by atoms with Crippen LogP contribution in [0.4, 0.5) is 5.82 Å². The van der Waals surface area contributed by atoms with Gasteiger partial charge in [0.1, 0.15) is 17.2 Å². The van der Waals surface area contributed by atoms with E-state index in [9.17, 15) is 14.4 Å². The van der Waals surface area contributed by atoms with Crippen LogP contribution in [0.2, 0.25) is 0 Å². The molecular formula is C21H20N4O3. The number of aryl methyl sites for hydroxylation is 1. The Morgan fingerprint density at radius 3 is 2.50 bits per heavy atom. The molecule has 4 rings (SSSR count). The minimum atomic E-state index is -0.270. The summed E-state index contributed by atoms with van der Waals surface area (Å²) in [6.07, 6.45) is 2.35. The molecule has 1 aliphatic rings. The number of hydrogen-bond acceptors (Lipinski definition) is 4. The van der Waals surface area contributed by atoms with Crippen LogP contribution < -0.4 is 5.32 Å². The van der Waals surface area contributed by atoms with E-state index in [1.807, 2.05) is 60.0 Å². The fourth-order valence-electron chi connectivity index (χ4n) is 3.40. The Labute approximate surface area is 162 Å². The zero-order valence-electron chi connectivity index (χ0n) is 15.5. The number of pyridine rings is 1. The molecule has 0 spiro atoms. The van der Waals surface area contributed by atoms with Crippen LogP contribution in [0.5, 0.6) is 0 Å². The van der Waals surface area contributed by atoms with Crippen molar-refractivity contribution in [2.75, 3.05) is 11.9 Å². The monoisotopic (exact) mass is 376 g/mol. The third kappa shape index (κ3) is 3.26. The van der Waals surface area contributed by atoms with Crippen LogP contribution in [0.3, 0.4) is 0 Å². The van der Waals surface area contributed by atoms with Gasteiger partial charge in [-0.3, -0.25) is 23.7 Å². The van der Waals surface area contributed by atoms with Crippen molar-refractivity contribution in [3.8, 4) is 11.3 Å². The molecule has 3 aromatic rings. The van der Waals surface area contributed by atoms with Crippen molar-refractivity contribution < 1.29 is 14.4 Å². The van der Waals surface area contributed by atoms with Gasteiger partial charge in [-0.1, -0.05) is 36.4 Å². The van der Waals surface area contributed by atoms with Crippen LogP contribution in [0.25, 0.3) is 16.9 Å². The molecule has 7 nitrogen and oxygen atoms in total. The summed E-state index contributed by atoms with van der Waals surface area (Å²) in [5.74, 6) is -0.122. The molecule has 0 radical (unpaired) electrons. The number of hydrogen-bond donors (Lipinski definition) is 1. The summed E-state index contributed by atoms with van der Waals surface area (Å²) in [7, 11) is 0. The molecule has 1 aliphatic heterocycles. The average Bonchev–Trinajstić information content (AvgIpc) is 3.22. The zero-order valence-corrected chi connectivity index (χ0v) is 15.5. The van der Waals surface area contributed by atoms with E-state index >= 15 is 0 Å². The predicted octanol–water partition coefficient (Wildman–Crippen LogP) is 2.79. The molecule has 0 bridgehead atoms. The lowest BCUT2D eigenvalue weighted by Crippen LogP contribution is -2.32. The fourth-order valence-corrected chi connectivity index (χ4v) is 3.40. The number of likely N-dealkylation sites (tertiary alicyclic amines) is 1. The standard InChI is InChI=1S/C21H20N4O3/c1-14-6-5-12-25-20(14)23-19(15-7-3-2-4-8-15)21(25)22-16(26)11-13-24-17(27)9-10-18(24)28/h2-8,12H,9-11,13H2,1H3,(H,22,26). The highest BCUT2D eigenvalue weighted by molar-refractivity contribution is 6.02. The van der Waals surface area contributed by atoms with Gasteiger partial charge in [0, 0.05) is 37.6 Å². The maximum absolute atomic E-state index is 12.6. The zero-order chi connectivity index (χ0) is 19.7. The molecule has 0 saturated carbocycles. The second-order valence-corrected chi connectivity index (χ2v) is 6.80. The number of benzene rings is 1. The van der Waals surface area contributed by atoms with Crippen molar-refractivity contribution in [3.05, 3.63) is 54.2 Å². The molecular weight excluding hydrogens is 356 g/mol. The van der Waals surface area contributed by atoms with Gasteiger partial charge in [-0.15, -0.1) is 0 Å². The lowest BCUT2D eigenvalue weighted by atomic mass is 10.1. The second-order valence-electron chi connectivity index (χ2n) is 6.80. The number of carbonyl (C=O) groups is 3. The molecule has 3 heterocycles. The van der Waals surface area contributed by atoms with E-state index in [4.69, 9.17) is 4.98 Å². The number of aromatic nitrogens is 2. The molecule has 1 aromatic carbocycles. The fraction of sp³-hybridized carbons (Fsp3) is 0.238. The lowest BCUT2D eigenvalue weighted by Gasteiger charge is -2.13. The number of carbonyl (C=O) groups excluding carboxylic acids is 3. The summed E-state index contributed by atoms with van der Waals surface area (Å²) in [6.45, 7) is 2.06. The number of anilines is 1. The highest BCUT2D eigenvalue weighted by Crippen LogP contribution is 2.29. The largest absolute Gasteiger partial charge is 0.310 e. The van der Waals surface area contributed by atoms with Crippen LogP contribution in [0.15, 0.2) is 48.7 Å². The van der Waals surface area contributed by atoms with Gasteiger partial charge in [0.2, 0.25) is 17.7 Å². The van der Waals surface area contributed by atoms with E-state index < -0.39 is 0 Å². The Kier molecular flexibility index (Phi) is 4.65. The number of imide groups is 1. The minimum Gasteiger partial charge on any atom is -0.310 e. The van der Waals surface area contributed by atoms with Crippen molar-refractivity contribution in [2.45, 2.75) is 26.2 Å². The highest BCUT2D eigenvalue weighted by atomic mass is 16.2. The lowest BCUT2D eigenvalue weighted by molar-refractivity contribution is -0.138. The summed E-state index contributed by atoms with van der Waals surface area (Å²) in [4.78, 5) is 41.9. The Hall–Kier alpha value is -3.48. The van der Waals surface area contributed by atoms with Crippen LogP contribution in [0, 0.1) is 6.92 Å². The normalized spacial score (nSPS) is 14.1. The van der Waals surface area contributed by atoms with Crippen molar-refractivity contribution in [1.82, 2.24) is 14.3 Å². The van der Waals surface area contributed by atoms with E-state index in [1.54, 1.807) is 0 Å². The van der Waals surface area contributed by atoms with Gasteiger partial charge in [0.15, 0.2) is 0 Å². The maximum Gasteiger partial charge on any atom is 0.229 e. The highest BCUT2D eigenvalue weighted by Gasteiger charge is 2.29. The number of nitrogens with one attached hydrogen (secondary N) is 1. The number of nitrogens with zero attached hydrogens (tertiary/aromatic N) is 3. The SMILES string of the molecule is Cc1cccn2c(NC(=O)CCN3C(=O)CCC3=O)c(-c3ccccc3)nc12.